The zero-order chi connectivity index (χ0) is 11.4. The lowest BCUT2D eigenvalue weighted by molar-refractivity contribution is 0.281. The van der Waals surface area contributed by atoms with Gasteiger partial charge in [-0.1, -0.05) is 22.0 Å². The molecule has 1 aliphatic rings. The molecular formula is C12H16BrNOS. The van der Waals surface area contributed by atoms with Gasteiger partial charge in [0.05, 0.1) is 6.61 Å². The second-order valence-electron chi connectivity index (χ2n) is 3.98. The molecule has 1 saturated heterocycles. The summed E-state index contributed by atoms with van der Waals surface area (Å²) in [5.74, 6) is 2.45. The summed E-state index contributed by atoms with van der Waals surface area (Å²) in [5.41, 5.74) is 2.02. The van der Waals surface area contributed by atoms with Crippen LogP contribution in [-0.2, 0) is 6.61 Å². The van der Waals surface area contributed by atoms with E-state index in [1.807, 2.05) is 30.0 Å². The number of halogens is 1. The van der Waals surface area contributed by atoms with E-state index in [-0.39, 0.29) is 6.61 Å². The molecule has 1 aliphatic heterocycles. The van der Waals surface area contributed by atoms with Crippen LogP contribution < -0.4 is 5.32 Å². The zero-order valence-electron chi connectivity index (χ0n) is 9.08. The van der Waals surface area contributed by atoms with E-state index in [0.29, 0.717) is 6.04 Å². The number of nitrogens with one attached hydrogen (secondary N) is 1. The third-order valence-electron chi connectivity index (χ3n) is 2.80. The van der Waals surface area contributed by atoms with Crippen molar-refractivity contribution in [2.45, 2.75) is 25.5 Å². The maximum atomic E-state index is 9.35. The first-order valence-electron chi connectivity index (χ1n) is 5.54. The van der Waals surface area contributed by atoms with Gasteiger partial charge in [-0.05, 0) is 30.7 Å². The summed E-state index contributed by atoms with van der Waals surface area (Å²) >= 11 is 5.47. The van der Waals surface area contributed by atoms with Gasteiger partial charge in [-0.2, -0.15) is 11.8 Å². The maximum absolute atomic E-state index is 9.35. The number of aliphatic hydroxyl groups is 1. The molecule has 2 nitrogen and oxygen atoms in total. The predicted molar refractivity (Wildman–Crippen MR) is 74.0 cm³/mol. The largest absolute Gasteiger partial charge is 0.392 e. The van der Waals surface area contributed by atoms with Gasteiger partial charge < -0.3 is 10.4 Å². The van der Waals surface area contributed by atoms with Gasteiger partial charge in [-0.3, -0.25) is 0 Å². The number of anilines is 1. The second-order valence-corrected chi connectivity index (χ2v) is 5.99. The molecule has 0 saturated carbocycles. The Hall–Kier alpha value is -0.190. The average molecular weight is 302 g/mol. The fourth-order valence-corrected chi connectivity index (χ4v) is 3.49. The molecule has 1 heterocycles. The van der Waals surface area contributed by atoms with Gasteiger partial charge in [-0.15, -0.1) is 0 Å². The van der Waals surface area contributed by atoms with Gasteiger partial charge in [0.15, 0.2) is 0 Å². The molecule has 1 aromatic rings. The highest BCUT2D eigenvalue weighted by atomic mass is 79.9. The van der Waals surface area contributed by atoms with Gasteiger partial charge in [0, 0.05) is 27.5 Å². The molecule has 1 unspecified atom stereocenters. The minimum absolute atomic E-state index is 0.0730. The molecule has 0 aromatic heterocycles. The summed E-state index contributed by atoms with van der Waals surface area (Å²) in [5, 5.41) is 12.9. The van der Waals surface area contributed by atoms with Crippen LogP contribution in [0.5, 0.6) is 0 Å². The van der Waals surface area contributed by atoms with Crippen molar-refractivity contribution in [1.82, 2.24) is 0 Å². The van der Waals surface area contributed by atoms with Crippen molar-refractivity contribution < 1.29 is 5.11 Å². The summed E-state index contributed by atoms with van der Waals surface area (Å²) < 4.78 is 0.975. The molecule has 16 heavy (non-hydrogen) atoms. The Bertz CT molecular complexity index is 353. The molecule has 0 aliphatic carbocycles. The topological polar surface area (TPSA) is 32.3 Å². The van der Waals surface area contributed by atoms with Crippen molar-refractivity contribution in [3.63, 3.8) is 0 Å². The third-order valence-corrected chi connectivity index (χ3v) is 4.76. The van der Waals surface area contributed by atoms with E-state index >= 15 is 0 Å². The van der Waals surface area contributed by atoms with Gasteiger partial charge in [0.1, 0.15) is 0 Å². The van der Waals surface area contributed by atoms with Gasteiger partial charge in [-0.25, -0.2) is 0 Å². The van der Waals surface area contributed by atoms with Crippen LogP contribution in [0.3, 0.4) is 0 Å². The summed E-state index contributed by atoms with van der Waals surface area (Å²) in [7, 11) is 0. The fourth-order valence-electron chi connectivity index (χ4n) is 1.93. The molecule has 1 aromatic carbocycles. The van der Waals surface area contributed by atoms with Crippen LogP contribution in [0.4, 0.5) is 5.69 Å². The molecule has 2 N–H and O–H groups in total. The van der Waals surface area contributed by atoms with Crippen LogP contribution in [0.15, 0.2) is 22.7 Å². The Kier molecular flexibility index (Phi) is 4.55. The number of hydrogen-bond acceptors (Lipinski definition) is 3. The molecule has 88 valence electrons. The molecule has 1 atom stereocenters. The Morgan fingerprint density at radius 1 is 1.50 bits per heavy atom. The molecule has 0 bridgehead atoms. The van der Waals surface area contributed by atoms with Crippen molar-refractivity contribution in [2.24, 2.45) is 0 Å². The summed E-state index contributed by atoms with van der Waals surface area (Å²) in [4.78, 5) is 0. The van der Waals surface area contributed by atoms with Crippen LogP contribution >= 0.6 is 27.7 Å². The highest BCUT2D eigenvalue weighted by molar-refractivity contribution is 9.10. The zero-order valence-corrected chi connectivity index (χ0v) is 11.5. The Labute approximate surface area is 109 Å². The quantitative estimate of drug-likeness (QED) is 0.899. The number of thioether (sulfide) groups is 1. The highest BCUT2D eigenvalue weighted by Crippen LogP contribution is 2.27. The van der Waals surface area contributed by atoms with E-state index in [1.165, 1.54) is 18.6 Å². The van der Waals surface area contributed by atoms with Crippen LogP contribution in [0.25, 0.3) is 0 Å². The van der Waals surface area contributed by atoms with Crippen molar-refractivity contribution >= 4 is 33.4 Å². The summed E-state index contributed by atoms with van der Waals surface area (Å²) in [6, 6.07) is 6.54. The van der Waals surface area contributed by atoms with E-state index in [4.69, 9.17) is 0 Å². The highest BCUT2D eigenvalue weighted by Gasteiger charge is 2.15. The molecule has 0 radical (unpaired) electrons. The molecule has 0 spiro atoms. The van der Waals surface area contributed by atoms with E-state index in [2.05, 4.69) is 21.2 Å². The Balaban J connectivity index is 2.10. The average Bonchev–Trinajstić information content (AvgIpc) is 2.31. The molecule has 2 rings (SSSR count). The summed E-state index contributed by atoms with van der Waals surface area (Å²) in [6.07, 6.45) is 2.51. The van der Waals surface area contributed by atoms with Crippen molar-refractivity contribution in [2.75, 3.05) is 16.8 Å². The lowest BCUT2D eigenvalue weighted by Gasteiger charge is -2.25. The molecular weight excluding hydrogens is 286 g/mol. The van der Waals surface area contributed by atoms with Crippen LogP contribution in [0.1, 0.15) is 18.4 Å². The van der Waals surface area contributed by atoms with Gasteiger partial charge in [0.25, 0.3) is 0 Å². The monoisotopic (exact) mass is 301 g/mol. The SMILES string of the molecule is OCc1c(Br)cccc1NC1CCCSC1. The first-order valence-corrected chi connectivity index (χ1v) is 7.48. The third kappa shape index (κ3) is 2.93. The Morgan fingerprint density at radius 3 is 3.06 bits per heavy atom. The standard InChI is InChI=1S/C12H16BrNOS/c13-11-4-1-5-12(10(11)7-15)14-9-3-2-6-16-8-9/h1,4-5,9,14-15H,2-3,6-8H2. The van der Waals surface area contributed by atoms with E-state index in [9.17, 15) is 5.11 Å². The minimum Gasteiger partial charge on any atom is -0.392 e. The van der Waals surface area contributed by atoms with Gasteiger partial charge in [0.2, 0.25) is 0 Å². The number of benzene rings is 1. The van der Waals surface area contributed by atoms with Crippen LogP contribution in [0, 0.1) is 0 Å². The van der Waals surface area contributed by atoms with E-state index < -0.39 is 0 Å². The molecule has 0 amide bonds. The van der Waals surface area contributed by atoms with Crippen LogP contribution in [-0.4, -0.2) is 22.7 Å². The normalized spacial score (nSPS) is 20.8. The minimum atomic E-state index is 0.0730. The van der Waals surface area contributed by atoms with E-state index in [1.54, 1.807) is 0 Å². The smallest absolute Gasteiger partial charge is 0.0713 e. The first kappa shape index (κ1) is 12.3. The number of aliphatic hydroxyl groups excluding tert-OH is 1. The van der Waals surface area contributed by atoms with E-state index in [0.717, 1.165) is 21.5 Å². The van der Waals surface area contributed by atoms with Crippen molar-refractivity contribution in [1.29, 1.82) is 0 Å². The van der Waals surface area contributed by atoms with Crippen molar-refractivity contribution in [3.05, 3.63) is 28.2 Å². The lowest BCUT2D eigenvalue weighted by atomic mass is 10.1. The van der Waals surface area contributed by atoms with Gasteiger partial charge >= 0.3 is 0 Å². The predicted octanol–water partition coefficient (Wildman–Crippen LogP) is 3.25. The summed E-state index contributed by atoms with van der Waals surface area (Å²) in [6.45, 7) is 0.0730. The Morgan fingerprint density at radius 2 is 2.38 bits per heavy atom. The molecule has 4 heteroatoms. The number of hydrogen-bond donors (Lipinski definition) is 2. The van der Waals surface area contributed by atoms with Crippen LogP contribution in [0.2, 0.25) is 0 Å². The molecule has 1 fully saturated rings. The lowest BCUT2D eigenvalue weighted by Crippen LogP contribution is -2.26. The fraction of sp³-hybridized carbons (Fsp3) is 0.500. The number of rotatable bonds is 3. The maximum Gasteiger partial charge on any atom is 0.0713 e. The van der Waals surface area contributed by atoms with Crippen molar-refractivity contribution in [3.8, 4) is 0 Å². The first-order chi connectivity index (χ1) is 7.81. The second kappa shape index (κ2) is 5.94.